The second kappa shape index (κ2) is 5.33. The maximum atomic E-state index is 11.1. The zero-order chi connectivity index (χ0) is 14.2. The molecule has 2 rings (SSSR count). The first-order valence-electron chi connectivity index (χ1n) is 6.91. The summed E-state index contributed by atoms with van der Waals surface area (Å²) in [6.45, 7) is 4.36. The Labute approximate surface area is 115 Å². The summed E-state index contributed by atoms with van der Waals surface area (Å²) >= 11 is 0. The summed E-state index contributed by atoms with van der Waals surface area (Å²) in [6.07, 6.45) is 0.796. The van der Waals surface area contributed by atoms with Crippen molar-refractivity contribution in [3.63, 3.8) is 0 Å². The van der Waals surface area contributed by atoms with E-state index in [9.17, 15) is 4.79 Å². The van der Waals surface area contributed by atoms with Gasteiger partial charge in [0.2, 0.25) is 0 Å². The molecular weight excluding hydrogens is 238 g/mol. The zero-order valence-corrected chi connectivity index (χ0v) is 12.1. The van der Waals surface area contributed by atoms with E-state index in [1.807, 2.05) is 14.1 Å². The standard InChI is InChI=1S/C16H23NO2/c1-10(2)11-5-7-12(8-6-11)15(17(3)4)13-9-14(13)16(18)19/h5-8,10,13-15H,9H2,1-4H3,(H,18,19). The Balaban J connectivity index is 2.18. The van der Waals surface area contributed by atoms with Crippen molar-refractivity contribution in [1.82, 2.24) is 4.90 Å². The fourth-order valence-corrected chi connectivity index (χ4v) is 2.85. The highest BCUT2D eigenvalue weighted by Crippen LogP contribution is 2.49. The normalized spacial score (nSPS) is 23.7. The Kier molecular flexibility index (Phi) is 3.95. The van der Waals surface area contributed by atoms with E-state index in [4.69, 9.17) is 5.11 Å². The average molecular weight is 261 g/mol. The van der Waals surface area contributed by atoms with Gasteiger partial charge >= 0.3 is 5.97 Å². The van der Waals surface area contributed by atoms with Gasteiger partial charge in [-0.3, -0.25) is 4.79 Å². The molecule has 0 saturated heterocycles. The van der Waals surface area contributed by atoms with Gasteiger partial charge in [-0.2, -0.15) is 0 Å². The van der Waals surface area contributed by atoms with E-state index < -0.39 is 5.97 Å². The molecule has 1 fully saturated rings. The first kappa shape index (κ1) is 14.1. The third-order valence-corrected chi connectivity index (χ3v) is 4.06. The van der Waals surface area contributed by atoms with Crippen LogP contribution in [0.15, 0.2) is 24.3 Å². The molecule has 3 heteroatoms. The van der Waals surface area contributed by atoms with Crippen molar-refractivity contribution in [2.45, 2.75) is 32.2 Å². The molecule has 1 aliphatic carbocycles. The number of carbonyl (C=O) groups is 1. The quantitative estimate of drug-likeness (QED) is 0.885. The second-order valence-corrected chi connectivity index (χ2v) is 6.07. The smallest absolute Gasteiger partial charge is 0.306 e. The van der Waals surface area contributed by atoms with Crippen LogP contribution in [0.2, 0.25) is 0 Å². The van der Waals surface area contributed by atoms with Gasteiger partial charge in [0.05, 0.1) is 5.92 Å². The van der Waals surface area contributed by atoms with E-state index >= 15 is 0 Å². The number of carboxylic acids is 1. The van der Waals surface area contributed by atoms with E-state index in [-0.39, 0.29) is 17.9 Å². The monoisotopic (exact) mass is 261 g/mol. The third kappa shape index (κ3) is 2.98. The van der Waals surface area contributed by atoms with Gasteiger partial charge in [0.25, 0.3) is 0 Å². The van der Waals surface area contributed by atoms with E-state index in [1.165, 1.54) is 11.1 Å². The fraction of sp³-hybridized carbons (Fsp3) is 0.562. The average Bonchev–Trinajstić information content (AvgIpc) is 3.09. The molecule has 1 aliphatic rings. The van der Waals surface area contributed by atoms with Crippen molar-refractivity contribution < 1.29 is 9.90 Å². The van der Waals surface area contributed by atoms with Crippen molar-refractivity contribution in [2.75, 3.05) is 14.1 Å². The zero-order valence-electron chi connectivity index (χ0n) is 12.1. The van der Waals surface area contributed by atoms with Gasteiger partial charge < -0.3 is 10.0 Å². The molecule has 0 amide bonds. The van der Waals surface area contributed by atoms with E-state index in [0.717, 1.165) is 6.42 Å². The lowest BCUT2D eigenvalue weighted by Gasteiger charge is -2.25. The highest BCUT2D eigenvalue weighted by atomic mass is 16.4. The predicted octanol–water partition coefficient (Wildman–Crippen LogP) is 3.13. The van der Waals surface area contributed by atoms with Crippen molar-refractivity contribution >= 4 is 5.97 Å². The molecule has 1 saturated carbocycles. The highest BCUT2D eigenvalue weighted by molar-refractivity contribution is 5.73. The van der Waals surface area contributed by atoms with Gasteiger partial charge in [-0.25, -0.2) is 0 Å². The second-order valence-electron chi connectivity index (χ2n) is 6.07. The first-order chi connectivity index (χ1) is 8.91. The maximum absolute atomic E-state index is 11.1. The van der Waals surface area contributed by atoms with Crippen LogP contribution in [0.1, 0.15) is 43.4 Å². The molecule has 0 aromatic heterocycles. The van der Waals surface area contributed by atoms with Crippen LogP contribution in [-0.4, -0.2) is 30.1 Å². The van der Waals surface area contributed by atoms with Gasteiger partial charge in [-0.15, -0.1) is 0 Å². The lowest BCUT2D eigenvalue weighted by atomic mass is 9.96. The molecule has 1 N–H and O–H groups in total. The van der Waals surface area contributed by atoms with Crippen LogP contribution in [0.3, 0.4) is 0 Å². The summed E-state index contributed by atoms with van der Waals surface area (Å²) < 4.78 is 0. The molecule has 0 heterocycles. The molecule has 0 radical (unpaired) electrons. The molecule has 104 valence electrons. The minimum atomic E-state index is -0.657. The maximum Gasteiger partial charge on any atom is 0.306 e. The number of nitrogens with zero attached hydrogens (tertiary/aromatic N) is 1. The van der Waals surface area contributed by atoms with E-state index in [0.29, 0.717) is 5.92 Å². The Hall–Kier alpha value is -1.35. The van der Waals surface area contributed by atoms with Gasteiger partial charge in [0.1, 0.15) is 0 Å². The van der Waals surface area contributed by atoms with Crippen molar-refractivity contribution in [2.24, 2.45) is 11.8 Å². The summed E-state index contributed by atoms with van der Waals surface area (Å²) in [5.41, 5.74) is 2.55. The van der Waals surface area contributed by atoms with E-state index in [2.05, 4.69) is 43.0 Å². The summed E-state index contributed by atoms with van der Waals surface area (Å²) in [7, 11) is 4.05. The van der Waals surface area contributed by atoms with Gasteiger partial charge in [0, 0.05) is 6.04 Å². The molecule has 3 atom stereocenters. The van der Waals surface area contributed by atoms with Crippen LogP contribution in [0.5, 0.6) is 0 Å². The van der Waals surface area contributed by atoms with Crippen molar-refractivity contribution in [3.05, 3.63) is 35.4 Å². The highest BCUT2D eigenvalue weighted by Gasteiger charge is 2.49. The Bertz CT molecular complexity index is 450. The largest absolute Gasteiger partial charge is 0.481 e. The summed E-state index contributed by atoms with van der Waals surface area (Å²) in [4.78, 5) is 13.2. The lowest BCUT2D eigenvalue weighted by Crippen LogP contribution is -2.23. The van der Waals surface area contributed by atoms with Crippen LogP contribution < -0.4 is 0 Å². The fourth-order valence-electron chi connectivity index (χ4n) is 2.85. The van der Waals surface area contributed by atoms with Gasteiger partial charge in [-0.1, -0.05) is 38.1 Å². The molecule has 3 nitrogen and oxygen atoms in total. The molecule has 0 spiro atoms. The predicted molar refractivity (Wildman–Crippen MR) is 76.2 cm³/mol. The Morgan fingerprint density at radius 3 is 2.11 bits per heavy atom. The Morgan fingerprint density at radius 2 is 1.74 bits per heavy atom. The minimum absolute atomic E-state index is 0.169. The summed E-state index contributed by atoms with van der Waals surface area (Å²) in [5, 5.41) is 9.10. The first-order valence-corrected chi connectivity index (χ1v) is 6.91. The molecule has 19 heavy (non-hydrogen) atoms. The van der Waals surface area contributed by atoms with Crippen LogP contribution >= 0.6 is 0 Å². The van der Waals surface area contributed by atoms with Crippen LogP contribution in [0.4, 0.5) is 0 Å². The van der Waals surface area contributed by atoms with Crippen LogP contribution in [0, 0.1) is 11.8 Å². The molecule has 0 aliphatic heterocycles. The van der Waals surface area contributed by atoms with Gasteiger partial charge in [0.15, 0.2) is 0 Å². The van der Waals surface area contributed by atoms with Crippen molar-refractivity contribution in [3.8, 4) is 0 Å². The minimum Gasteiger partial charge on any atom is -0.481 e. The number of benzene rings is 1. The number of carboxylic acid groups (broad SMARTS) is 1. The Morgan fingerprint density at radius 1 is 1.21 bits per heavy atom. The third-order valence-electron chi connectivity index (χ3n) is 4.06. The summed E-state index contributed by atoms with van der Waals surface area (Å²) in [6, 6.07) is 8.83. The molecule has 1 aromatic carbocycles. The van der Waals surface area contributed by atoms with Gasteiger partial charge in [-0.05, 0) is 43.5 Å². The number of hydrogen-bond acceptors (Lipinski definition) is 2. The van der Waals surface area contributed by atoms with Crippen molar-refractivity contribution in [1.29, 1.82) is 0 Å². The summed E-state index contributed by atoms with van der Waals surface area (Å²) in [5.74, 6) is -0.0511. The topological polar surface area (TPSA) is 40.5 Å². The number of rotatable bonds is 5. The van der Waals surface area contributed by atoms with E-state index in [1.54, 1.807) is 0 Å². The SMILES string of the molecule is CC(C)c1ccc(C(C2CC2C(=O)O)N(C)C)cc1. The molecule has 0 bridgehead atoms. The number of aliphatic carboxylic acids is 1. The van der Waals surface area contributed by atoms with Crippen LogP contribution in [0.25, 0.3) is 0 Å². The lowest BCUT2D eigenvalue weighted by molar-refractivity contribution is -0.139. The molecular formula is C16H23NO2. The van der Waals surface area contributed by atoms with Crippen LogP contribution in [-0.2, 0) is 4.79 Å². The number of hydrogen-bond donors (Lipinski definition) is 1. The molecule has 1 aromatic rings. The molecule has 3 unspecified atom stereocenters.